The monoisotopic (exact) mass is 453 g/mol. The van der Waals surface area contributed by atoms with Crippen molar-refractivity contribution in [3.05, 3.63) is 83.3 Å². The largest absolute Gasteiger partial charge is 0.463 e. The molecular formula is C23H21F2N5O3. The van der Waals surface area contributed by atoms with Crippen molar-refractivity contribution >= 4 is 23.5 Å². The number of ether oxygens (including phenoxy) is 1. The highest BCUT2D eigenvalue weighted by atomic mass is 19.1. The number of anilines is 2. The number of carbonyl (C=O) groups excluding carboxylic acids is 2. The Labute approximate surface area is 188 Å². The molecule has 1 aliphatic heterocycles. The number of halogens is 2. The van der Waals surface area contributed by atoms with Gasteiger partial charge in [-0.15, -0.1) is 0 Å². The van der Waals surface area contributed by atoms with Crippen molar-refractivity contribution in [2.75, 3.05) is 23.4 Å². The standard InChI is InChI=1S/C23H21F2N5O3/c1-3-33-22(32)20-14(2)29(12-19(31)28-18-10-8-17(25)9-11-18)23-26-13-27-30(23)21(20)15-4-6-16(24)7-5-15/h4-11,13,21H,3,12H2,1-2H3,(H,28,31)/t21-/m0/s1. The van der Waals surface area contributed by atoms with Crippen LogP contribution in [0.4, 0.5) is 20.4 Å². The molecule has 1 N–H and O–H groups in total. The van der Waals surface area contributed by atoms with Crippen LogP contribution in [0.3, 0.4) is 0 Å². The first-order chi connectivity index (χ1) is 15.9. The highest BCUT2D eigenvalue weighted by molar-refractivity contribution is 5.96. The fraction of sp³-hybridized carbons (Fsp3) is 0.217. The van der Waals surface area contributed by atoms with Gasteiger partial charge in [-0.05, 0) is 55.8 Å². The molecule has 0 radical (unpaired) electrons. The van der Waals surface area contributed by atoms with Crippen LogP contribution in [0.15, 0.2) is 66.1 Å². The van der Waals surface area contributed by atoms with E-state index >= 15 is 0 Å². The number of hydrogen-bond donors (Lipinski definition) is 1. The number of allylic oxidation sites excluding steroid dienone is 1. The minimum absolute atomic E-state index is 0.154. The summed E-state index contributed by atoms with van der Waals surface area (Å²) < 4.78 is 33.5. The molecule has 1 aromatic heterocycles. The smallest absolute Gasteiger partial charge is 0.338 e. The molecule has 1 atom stereocenters. The third-order valence-electron chi connectivity index (χ3n) is 5.22. The lowest BCUT2D eigenvalue weighted by Gasteiger charge is -2.35. The molecule has 10 heteroatoms. The van der Waals surface area contributed by atoms with E-state index in [0.717, 1.165) is 0 Å². The predicted octanol–water partition coefficient (Wildman–Crippen LogP) is 3.44. The highest BCUT2D eigenvalue weighted by Gasteiger charge is 2.38. The van der Waals surface area contributed by atoms with E-state index in [1.807, 2.05) is 0 Å². The second-order valence-electron chi connectivity index (χ2n) is 7.32. The van der Waals surface area contributed by atoms with Gasteiger partial charge in [0.1, 0.15) is 30.5 Å². The average Bonchev–Trinajstić information content (AvgIpc) is 3.27. The van der Waals surface area contributed by atoms with Crippen molar-refractivity contribution < 1.29 is 23.1 Å². The number of aromatic nitrogens is 3. The molecule has 170 valence electrons. The second kappa shape index (κ2) is 9.19. The van der Waals surface area contributed by atoms with E-state index in [-0.39, 0.29) is 18.7 Å². The van der Waals surface area contributed by atoms with Crippen LogP contribution in [0.25, 0.3) is 0 Å². The molecule has 8 nitrogen and oxygen atoms in total. The number of carbonyl (C=O) groups is 2. The summed E-state index contributed by atoms with van der Waals surface area (Å²) in [6.45, 7) is 3.35. The summed E-state index contributed by atoms with van der Waals surface area (Å²) in [6, 6.07) is 10.4. The molecule has 1 amide bonds. The van der Waals surface area contributed by atoms with Gasteiger partial charge in [-0.3, -0.25) is 4.79 Å². The number of nitrogens with one attached hydrogen (secondary N) is 1. The highest BCUT2D eigenvalue weighted by Crippen LogP contribution is 2.38. The number of hydrogen-bond acceptors (Lipinski definition) is 6. The Morgan fingerprint density at radius 3 is 2.33 bits per heavy atom. The number of fused-ring (bicyclic) bond motifs is 1. The molecular weight excluding hydrogens is 432 g/mol. The summed E-state index contributed by atoms with van der Waals surface area (Å²) in [4.78, 5) is 31.6. The Bertz CT molecular complexity index is 1210. The molecule has 0 aliphatic carbocycles. The van der Waals surface area contributed by atoms with E-state index in [1.54, 1.807) is 30.9 Å². The predicted molar refractivity (Wildman–Crippen MR) is 116 cm³/mol. The number of benzene rings is 2. The zero-order valence-corrected chi connectivity index (χ0v) is 18.0. The molecule has 0 saturated carbocycles. The third-order valence-corrected chi connectivity index (χ3v) is 5.22. The molecule has 0 spiro atoms. The molecule has 0 saturated heterocycles. The Kier molecular flexibility index (Phi) is 6.16. The van der Waals surface area contributed by atoms with Gasteiger partial charge in [-0.2, -0.15) is 10.1 Å². The fourth-order valence-electron chi connectivity index (χ4n) is 3.72. The molecule has 0 bridgehead atoms. The van der Waals surface area contributed by atoms with Crippen LogP contribution in [0.2, 0.25) is 0 Å². The minimum atomic E-state index is -0.710. The van der Waals surface area contributed by atoms with Crippen molar-refractivity contribution in [1.29, 1.82) is 0 Å². The van der Waals surface area contributed by atoms with E-state index in [1.165, 1.54) is 47.4 Å². The number of amides is 1. The topological polar surface area (TPSA) is 89.3 Å². The quantitative estimate of drug-likeness (QED) is 0.575. The zero-order valence-electron chi connectivity index (χ0n) is 18.0. The first-order valence-corrected chi connectivity index (χ1v) is 10.2. The van der Waals surface area contributed by atoms with Crippen LogP contribution in [-0.2, 0) is 14.3 Å². The lowest BCUT2D eigenvalue weighted by atomic mass is 9.95. The average molecular weight is 453 g/mol. The Morgan fingerprint density at radius 2 is 1.70 bits per heavy atom. The molecule has 33 heavy (non-hydrogen) atoms. The van der Waals surface area contributed by atoms with Gasteiger partial charge in [-0.1, -0.05) is 12.1 Å². The van der Waals surface area contributed by atoms with Gasteiger partial charge in [0.05, 0.1) is 12.2 Å². The molecule has 1 aliphatic rings. The lowest BCUT2D eigenvalue weighted by Crippen LogP contribution is -2.40. The molecule has 2 heterocycles. The molecule has 3 aromatic rings. The SMILES string of the molecule is CCOC(=O)C1=C(C)N(CC(=O)Nc2ccc(F)cc2)c2ncnn2[C@H]1c1ccc(F)cc1. The normalized spacial score (nSPS) is 15.3. The van der Waals surface area contributed by atoms with Crippen molar-refractivity contribution in [2.24, 2.45) is 0 Å². The first-order valence-electron chi connectivity index (χ1n) is 10.2. The summed E-state index contributed by atoms with van der Waals surface area (Å²) in [5, 5.41) is 6.96. The van der Waals surface area contributed by atoms with Crippen molar-refractivity contribution in [3.63, 3.8) is 0 Å². The van der Waals surface area contributed by atoms with Crippen LogP contribution in [-0.4, -0.2) is 39.8 Å². The van der Waals surface area contributed by atoms with Gasteiger partial charge in [0.2, 0.25) is 11.9 Å². The van der Waals surface area contributed by atoms with E-state index in [2.05, 4.69) is 15.4 Å². The maximum atomic E-state index is 13.5. The van der Waals surface area contributed by atoms with Crippen LogP contribution in [0.5, 0.6) is 0 Å². The Balaban J connectivity index is 1.72. The number of rotatable bonds is 6. The van der Waals surface area contributed by atoms with Crippen LogP contribution in [0.1, 0.15) is 25.5 Å². The van der Waals surface area contributed by atoms with Crippen LogP contribution in [0, 0.1) is 11.6 Å². The van der Waals surface area contributed by atoms with Crippen molar-refractivity contribution in [1.82, 2.24) is 14.8 Å². The molecule has 0 fully saturated rings. The lowest BCUT2D eigenvalue weighted by molar-refractivity contribution is -0.139. The van der Waals surface area contributed by atoms with Gasteiger partial charge < -0.3 is 15.0 Å². The maximum Gasteiger partial charge on any atom is 0.338 e. The van der Waals surface area contributed by atoms with E-state index in [9.17, 15) is 18.4 Å². The van der Waals surface area contributed by atoms with E-state index in [4.69, 9.17) is 4.74 Å². The summed E-state index contributed by atoms with van der Waals surface area (Å²) >= 11 is 0. The molecule has 2 aromatic carbocycles. The van der Waals surface area contributed by atoms with Gasteiger partial charge in [0.25, 0.3) is 0 Å². The minimum Gasteiger partial charge on any atom is -0.463 e. The van der Waals surface area contributed by atoms with Crippen LogP contribution >= 0.6 is 0 Å². The summed E-state index contributed by atoms with van der Waals surface area (Å²) in [7, 11) is 0. The van der Waals surface area contributed by atoms with E-state index in [0.29, 0.717) is 22.9 Å². The third kappa shape index (κ3) is 4.45. The van der Waals surface area contributed by atoms with E-state index < -0.39 is 29.6 Å². The molecule has 4 rings (SSSR count). The van der Waals surface area contributed by atoms with Gasteiger partial charge in [0, 0.05) is 11.4 Å². The maximum absolute atomic E-state index is 13.5. The van der Waals surface area contributed by atoms with Gasteiger partial charge in [0.15, 0.2) is 0 Å². The Hall–Kier alpha value is -4.08. The fourth-order valence-corrected chi connectivity index (χ4v) is 3.72. The number of esters is 1. The summed E-state index contributed by atoms with van der Waals surface area (Å²) in [6.07, 6.45) is 1.32. The van der Waals surface area contributed by atoms with Crippen molar-refractivity contribution in [3.8, 4) is 0 Å². The molecule has 0 unspecified atom stereocenters. The van der Waals surface area contributed by atoms with Crippen molar-refractivity contribution in [2.45, 2.75) is 19.9 Å². The second-order valence-corrected chi connectivity index (χ2v) is 7.32. The summed E-state index contributed by atoms with van der Waals surface area (Å²) in [5.41, 5.74) is 1.76. The zero-order chi connectivity index (χ0) is 23.5. The summed E-state index contributed by atoms with van der Waals surface area (Å²) in [5.74, 6) is -1.47. The van der Waals surface area contributed by atoms with Gasteiger partial charge >= 0.3 is 5.97 Å². The van der Waals surface area contributed by atoms with Crippen LogP contribution < -0.4 is 10.2 Å². The van der Waals surface area contributed by atoms with Gasteiger partial charge in [-0.25, -0.2) is 18.3 Å². The first kappa shape index (κ1) is 22.1. The Morgan fingerprint density at radius 1 is 1.06 bits per heavy atom. The number of nitrogens with zero attached hydrogens (tertiary/aromatic N) is 4.